The molecule has 3 atom stereocenters. The van der Waals surface area contributed by atoms with Crippen LogP contribution in [0.15, 0.2) is 82.6 Å². The van der Waals surface area contributed by atoms with E-state index in [1.165, 1.54) is 28.8 Å². The molecule has 11 heteroatoms. The topological polar surface area (TPSA) is 91.7 Å². The summed E-state index contributed by atoms with van der Waals surface area (Å²) in [4.78, 5) is 57.5. The van der Waals surface area contributed by atoms with Crippen LogP contribution in [0.25, 0.3) is 0 Å². The van der Waals surface area contributed by atoms with Gasteiger partial charge in [0.05, 0.1) is 16.6 Å². The van der Waals surface area contributed by atoms with E-state index in [0.29, 0.717) is 21.3 Å². The Kier molecular flexibility index (Phi) is 7.24. The van der Waals surface area contributed by atoms with Gasteiger partial charge in [-0.2, -0.15) is 0 Å². The Bertz CT molecular complexity index is 1750. The molecule has 2 aliphatic heterocycles. The van der Waals surface area contributed by atoms with E-state index in [-0.39, 0.29) is 17.3 Å². The summed E-state index contributed by atoms with van der Waals surface area (Å²) in [5.41, 5.74) is 3.71. The molecule has 3 aromatic carbocycles. The second kappa shape index (κ2) is 10.9. The Hall–Kier alpha value is -4.22. The number of imide groups is 1. The molecule has 1 fully saturated rings. The Morgan fingerprint density at radius 2 is 1.60 bits per heavy atom. The fourth-order valence-corrected chi connectivity index (χ4v) is 8.19. The zero-order valence-electron chi connectivity index (χ0n) is 23.0. The van der Waals surface area contributed by atoms with E-state index >= 15 is 0 Å². The number of carbonyl (C=O) groups is 3. The summed E-state index contributed by atoms with van der Waals surface area (Å²) in [5.74, 6) is -3.05. The second-order valence-corrected chi connectivity index (χ2v) is 12.7. The van der Waals surface area contributed by atoms with Crippen LogP contribution < -0.4 is 20.0 Å². The maximum Gasteiger partial charge on any atom is 0.308 e. The molecule has 3 heterocycles. The van der Waals surface area contributed by atoms with Crippen molar-refractivity contribution >= 4 is 57.9 Å². The predicted molar refractivity (Wildman–Crippen MR) is 163 cm³/mol. The third-order valence-corrected chi connectivity index (χ3v) is 10.1. The lowest BCUT2D eigenvalue weighted by atomic mass is 9.83. The number of rotatable bonds is 6. The number of aromatic nitrogens is 1. The van der Waals surface area contributed by atoms with Gasteiger partial charge in [-0.15, -0.1) is 0 Å². The lowest BCUT2D eigenvalue weighted by Crippen LogP contribution is -2.33. The molecule has 0 saturated carbocycles. The molecule has 4 aromatic rings. The summed E-state index contributed by atoms with van der Waals surface area (Å²) >= 11 is 2.14. The predicted octanol–water partition coefficient (Wildman–Crippen LogP) is 4.86. The number of nitrogens with zero attached hydrogens (tertiary/aromatic N) is 3. The van der Waals surface area contributed by atoms with Gasteiger partial charge in [0.25, 0.3) is 0 Å². The highest BCUT2D eigenvalue weighted by molar-refractivity contribution is 8.00. The number of nitrogens with one attached hydrogen (secondary N) is 1. The maximum absolute atomic E-state index is 13.9. The summed E-state index contributed by atoms with van der Waals surface area (Å²) in [6.45, 7) is 1.71. The van der Waals surface area contributed by atoms with Gasteiger partial charge in [0.15, 0.2) is 0 Å². The van der Waals surface area contributed by atoms with Gasteiger partial charge >= 0.3 is 4.87 Å². The lowest BCUT2D eigenvalue weighted by molar-refractivity contribution is -0.122. The van der Waals surface area contributed by atoms with E-state index in [4.69, 9.17) is 0 Å². The standard InChI is InChI=1S/C31H27FN4O4S2/c1-17-4-10-20(11-5-17)33-23(37)16-35-30-27(42-31(35)40)24(18-6-12-21(13-7-18)34(2)3)25-26(41-30)29(39)36(28(25)38)22-14-8-19(32)9-15-22/h4-15,24-26H,16H2,1-3H3,(H,33,37). The number of benzene rings is 3. The molecular formula is C31H27FN4O4S2. The molecule has 3 unspecified atom stereocenters. The summed E-state index contributed by atoms with van der Waals surface area (Å²) in [5, 5.41) is 2.51. The van der Waals surface area contributed by atoms with Crippen LogP contribution in [0, 0.1) is 18.7 Å². The molecule has 1 saturated heterocycles. The molecule has 2 aliphatic rings. The Morgan fingerprint density at radius 3 is 2.24 bits per heavy atom. The van der Waals surface area contributed by atoms with Crippen molar-refractivity contribution < 1.29 is 18.8 Å². The monoisotopic (exact) mass is 602 g/mol. The first kappa shape index (κ1) is 27.9. The largest absolute Gasteiger partial charge is 0.378 e. The second-order valence-electron chi connectivity index (χ2n) is 10.6. The van der Waals surface area contributed by atoms with E-state index in [1.807, 2.05) is 62.3 Å². The molecule has 0 radical (unpaired) electrons. The van der Waals surface area contributed by atoms with Gasteiger partial charge < -0.3 is 10.2 Å². The van der Waals surface area contributed by atoms with Crippen LogP contribution in [0.5, 0.6) is 0 Å². The number of fused-ring (bicyclic) bond motifs is 2. The third kappa shape index (κ3) is 4.92. The third-order valence-electron chi connectivity index (χ3n) is 7.54. The van der Waals surface area contributed by atoms with Gasteiger partial charge in [-0.25, -0.2) is 9.29 Å². The van der Waals surface area contributed by atoms with Gasteiger partial charge in [0.2, 0.25) is 17.7 Å². The maximum atomic E-state index is 13.9. The number of halogens is 1. The number of aryl methyl sites for hydroxylation is 1. The average molecular weight is 603 g/mol. The van der Waals surface area contributed by atoms with Gasteiger partial charge in [-0.1, -0.05) is 52.9 Å². The lowest BCUT2D eigenvalue weighted by Gasteiger charge is -2.31. The molecule has 0 aliphatic carbocycles. The van der Waals surface area contributed by atoms with Gasteiger partial charge in [0, 0.05) is 36.3 Å². The van der Waals surface area contributed by atoms with Crippen molar-refractivity contribution in [2.45, 2.75) is 29.7 Å². The number of thiazole rings is 1. The molecular weight excluding hydrogens is 575 g/mol. The zero-order valence-corrected chi connectivity index (χ0v) is 24.7. The first-order valence-corrected chi connectivity index (χ1v) is 15.0. The van der Waals surface area contributed by atoms with Gasteiger partial charge in [0.1, 0.15) is 17.6 Å². The first-order valence-electron chi connectivity index (χ1n) is 13.3. The molecule has 1 aromatic heterocycles. The van der Waals surface area contributed by atoms with Gasteiger partial charge in [-0.05, 0) is 61.0 Å². The average Bonchev–Trinajstić information content (AvgIpc) is 3.41. The molecule has 1 N–H and O–H groups in total. The summed E-state index contributed by atoms with van der Waals surface area (Å²) in [6, 6.07) is 20.3. The Morgan fingerprint density at radius 1 is 0.929 bits per heavy atom. The molecule has 8 nitrogen and oxygen atoms in total. The number of thioether (sulfide) groups is 1. The van der Waals surface area contributed by atoms with Gasteiger partial charge in [-0.3, -0.25) is 23.7 Å². The van der Waals surface area contributed by atoms with E-state index in [0.717, 1.165) is 44.8 Å². The van der Waals surface area contributed by atoms with Crippen molar-refractivity contribution in [3.8, 4) is 0 Å². The normalized spacial score (nSPS) is 19.4. The zero-order chi connectivity index (χ0) is 29.7. The SMILES string of the molecule is Cc1ccc(NC(=O)Cn2c3c(sc2=O)C(c2ccc(N(C)C)cc2)C2C(=O)N(c4ccc(F)cc4)C(=O)C2S3)cc1. The number of hydrogen-bond acceptors (Lipinski definition) is 7. The van der Waals surface area contributed by atoms with Crippen molar-refractivity contribution in [2.24, 2.45) is 5.92 Å². The highest BCUT2D eigenvalue weighted by atomic mass is 32.2. The van der Waals surface area contributed by atoms with E-state index in [2.05, 4.69) is 5.32 Å². The van der Waals surface area contributed by atoms with Crippen molar-refractivity contribution in [1.82, 2.24) is 4.57 Å². The Balaban J connectivity index is 1.41. The minimum Gasteiger partial charge on any atom is -0.378 e. The van der Waals surface area contributed by atoms with E-state index in [1.54, 1.807) is 12.1 Å². The van der Waals surface area contributed by atoms with Crippen molar-refractivity contribution in [3.05, 3.63) is 104 Å². The highest BCUT2D eigenvalue weighted by Gasteiger charge is 2.56. The summed E-state index contributed by atoms with van der Waals surface area (Å²) in [6.07, 6.45) is 0. The van der Waals surface area contributed by atoms with Crippen LogP contribution in [0.3, 0.4) is 0 Å². The minimum atomic E-state index is -0.825. The van der Waals surface area contributed by atoms with Crippen LogP contribution in [-0.4, -0.2) is 41.6 Å². The highest BCUT2D eigenvalue weighted by Crippen LogP contribution is 2.54. The van der Waals surface area contributed by atoms with Crippen molar-refractivity contribution in [1.29, 1.82) is 0 Å². The Labute approximate surface area is 249 Å². The molecule has 42 heavy (non-hydrogen) atoms. The molecule has 0 bridgehead atoms. The smallest absolute Gasteiger partial charge is 0.308 e. The van der Waals surface area contributed by atoms with Crippen LogP contribution >= 0.6 is 23.1 Å². The number of carbonyl (C=O) groups excluding carboxylic acids is 3. The van der Waals surface area contributed by atoms with E-state index in [9.17, 15) is 23.6 Å². The van der Waals surface area contributed by atoms with Crippen LogP contribution in [0.4, 0.5) is 21.5 Å². The molecule has 214 valence electrons. The van der Waals surface area contributed by atoms with Crippen LogP contribution in [-0.2, 0) is 20.9 Å². The number of anilines is 3. The van der Waals surface area contributed by atoms with Crippen molar-refractivity contribution in [2.75, 3.05) is 29.2 Å². The minimum absolute atomic E-state index is 0.237. The fourth-order valence-electron chi connectivity index (χ4n) is 5.42. The molecule has 6 rings (SSSR count). The fraction of sp³-hybridized carbons (Fsp3) is 0.226. The summed E-state index contributed by atoms with van der Waals surface area (Å²) in [7, 11) is 3.85. The van der Waals surface area contributed by atoms with E-state index < -0.39 is 34.7 Å². The number of amides is 3. The van der Waals surface area contributed by atoms with Crippen LogP contribution in [0.2, 0.25) is 0 Å². The van der Waals surface area contributed by atoms with Crippen molar-refractivity contribution in [3.63, 3.8) is 0 Å². The number of hydrogen-bond donors (Lipinski definition) is 1. The summed E-state index contributed by atoms with van der Waals surface area (Å²) < 4.78 is 15.0. The van der Waals surface area contributed by atoms with Crippen LogP contribution in [0.1, 0.15) is 21.9 Å². The quantitative estimate of drug-likeness (QED) is 0.317. The molecule has 0 spiro atoms. The molecule has 3 amide bonds. The first-order chi connectivity index (χ1) is 20.1.